The molecule has 2 N–H and O–H groups in total. The van der Waals surface area contributed by atoms with Gasteiger partial charge >= 0.3 is 0 Å². The molecule has 5 nitrogen and oxygen atoms in total. The van der Waals surface area contributed by atoms with Crippen LogP contribution in [0.25, 0.3) is 10.9 Å². The molecule has 0 amide bonds. The number of rotatable bonds is 5. The molecule has 0 bridgehead atoms. The Labute approximate surface area is 122 Å². The van der Waals surface area contributed by atoms with Gasteiger partial charge in [-0.15, -0.1) is 0 Å². The van der Waals surface area contributed by atoms with E-state index in [1.807, 2.05) is 30.3 Å². The van der Waals surface area contributed by atoms with Crippen LogP contribution in [0.15, 0.2) is 47.1 Å². The van der Waals surface area contributed by atoms with E-state index < -0.39 is 0 Å². The number of furan rings is 1. The highest BCUT2D eigenvalue weighted by molar-refractivity contribution is 5.90. The van der Waals surface area contributed by atoms with Crippen LogP contribution in [0.2, 0.25) is 0 Å². The molecular formula is C16H16N4O. The van der Waals surface area contributed by atoms with Gasteiger partial charge in [0.2, 0.25) is 5.95 Å². The minimum Gasteiger partial charge on any atom is -0.467 e. The van der Waals surface area contributed by atoms with Crippen molar-refractivity contribution < 1.29 is 4.42 Å². The van der Waals surface area contributed by atoms with Gasteiger partial charge in [-0.05, 0) is 37.1 Å². The summed E-state index contributed by atoms with van der Waals surface area (Å²) in [6, 6.07) is 12.4. The topological polar surface area (TPSA) is 63.0 Å². The van der Waals surface area contributed by atoms with Crippen molar-refractivity contribution in [1.82, 2.24) is 9.97 Å². The summed E-state index contributed by atoms with van der Waals surface area (Å²) in [4.78, 5) is 9.16. The SMILES string of the molecule is c1coc(CNc2nc(NC3CC3)c3ccccc3n2)c1. The van der Waals surface area contributed by atoms with E-state index in [9.17, 15) is 0 Å². The molecule has 106 valence electrons. The molecule has 21 heavy (non-hydrogen) atoms. The predicted octanol–water partition coefficient (Wildman–Crippen LogP) is 3.41. The first-order valence-corrected chi connectivity index (χ1v) is 7.18. The summed E-state index contributed by atoms with van der Waals surface area (Å²) in [5.41, 5.74) is 0.942. The Kier molecular flexibility index (Phi) is 2.96. The van der Waals surface area contributed by atoms with Gasteiger partial charge in [-0.1, -0.05) is 12.1 Å². The van der Waals surface area contributed by atoms with Gasteiger partial charge in [0.1, 0.15) is 11.6 Å². The zero-order valence-electron chi connectivity index (χ0n) is 11.5. The Morgan fingerprint density at radius 2 is 2.00 bits per heavy atom. The molecule has 1 aliphatic carbocycles. The predicted molar refractivity (Wildman–Crippen MR) is 82.2 cm³/mol. The van der Waals surface area contributed by atoms with Gasteiger partial charge in [-0.2, -0.15) is 4.98 Å². The van der Waals surface area contributed by atoms with E-state index in [0.717, 1.165) is 22.5 Å². The lowest BCUT2D eigenvalue weighted by Crippen LogP contribution is -2.08. The Hall–Kier alpha value is -2.56. The van der Waals surface area contributed by atoms with Crippen LogP contribution in [-0.4, -0.2) is 16.0 Å². The van der Waals surface area contributed by atoms with E-state index in [0.29, 0.717) is 18.5 Å². The molecule has 0 radical (unpaired) electrons. The van der Waals surface area contributed by atoms with Gasteiger partial charge in [0.25, 0.3) is 0 Å². The van der Waals surface area contributed by atoms with Crippen molar-refractivity contribution in [2.75, 3.05) is 10.6 Å². The molecule has 3 aromatic rings. The lowest BCUT2D eigenvalue weighted by molar-refractivity contribution is 0.517. The second kappa shape index (κ2) is 5.09. The molecule has 4 rings (SSSR count). The molecule has 1 saturated carbocycles. The van der Waals surface area contributed by atoms with Crippen LogP contribution < -0.4 is 10.6 Å². The number of nitrogens with one attached hydrogen (secondary N) is 2. The maximum Gasteiger partial charge on any atom is 0.225 e. The van der Waals surface area contributed by atoms with Crippen LogP contribution in [-0.2, 0) is 6.54 Å². The Balaban J connectivity index is 1.64. The van der Waals surface area contributed by atoms with E-state index in [4.69, 9.17) is 4.42 Å². The van der Waals surface area contributed by atoms with Gasteiger partial charge in [0, 0.05) is 11.4 Å². The number of aromatic nitrogens is 2. The van der Waals surface area contributed by atoms with E-state index in [-0.39, 0.29) is 0 Å². The average molecular weight is 280 g/mol. The normalized spacial score (nSPS) is 14.3. The molecule has 1 aromatic carbocycles. The Morgan fingerprint density at radius 1 is 1.10 bits per heavy atom. The van der Waals surface area contributed by atoms with Crippen molar-refractivity contribution in [3.8, 4) is 0 Å². The Bertz CT molecular complexity index is 750. The Morgan fingerprint density at radius 3 is 2.81 bits per heavy atom. The lowest BCUT2D eigenvalue weighted by Gasteiger charge is -2.10. The second-order valence-corrected chi connectivity index (χ2v) is 5.26. The largest absolute Gasteiger partial charge is 0.467 e. The number of para-hydroxylation sites is 1. The maximum atomic E-state index is 5.31. The molecule has 0 aliphatic heterocycles. The van der Waals surface area contributed by atoms with Crippen molar-refractivity contribution in [1.29, 1.82) is 0 Å². The molecule has 5 heteroatoms. The molecule has 0 unspecified atom stereocenters. The molecule has 0 spiro atoms. The number of benzene rings is 1. The van der Waals surface area contributed by atoms with Crippen molar-refractivity contribution in [2.24, 2.45) is 0 Å². The molecular weight excluding hydrogens is 264 g/mol. The van der Waals surface area contributed by atoms with Crippen molar-refractivity contribution >= 4 is 22.7 Å². The first-order chi connectivity index (χ1) is 10.4. The summed E-state index contributed by atoms with van der Waals surface area (Å²) < 4.78 is 5.31. The number of hydrogen-bond donors (Lipinski definition) is 2. The highest BCUT2D eigenvalue weighted by Gasteiger charge is 2.22. The number of nitrogens with zero attached hydrogens (tertiary/aromatic N) is 2. The highest BCUT2D eigenvalue weighted by Crippen LogP contribution is 2.28. The van der Waals surface area contributed by atoms with E-state index in [2.05, 4.69) is 26.7 Å². The fourth-order valence-corrected chi connectivity index (χ4v) is 2.27. The quantitative estimate of drug-likeness (QED) is 0.750. The summed E-state index contributed by atoms with van der Waals surface area (Å²) in [5, 5.41) is 7.76. The first-order valence-electron chi connectivity index (χ1n) is 7.18. The standard InChI is InChI=1S/C16H16N4O/c1-2-6-14-13(5-1)15(18-11-7-8-11)20-16(19-14)17-10-12-4-3-9-21-12/h1-6,9,11H,7-8,10H2,(H2,17,18,19,20). The van der Waals surface area contributed by atoms with Crippen LogP contribution in [0.1, 0.15) is 18.6 Å². The van der Waals surface area contributed by atoms with Crippen LogP contribution in [0.5, 0.6) is 0 Å². The molecule has 2 heterocycles. The smallest absolute Gasteiger partial charge is 0.225 e. The van der Waals surface area contributed by atoms with Crippen molar-refractivity contribution in [2.45, 2.75) is 25.4 Å². The number of anilines is 2. The summed E-state index contributed by atoms with van der Waals surface area (Å²) in [6.07, 6.45) is 4.10. The van der Waals surface area contributed by atoms with Gasteiger partial charge in [0.15, 0.2) is 0 Å². The van der Waals surface area contributed by atoms with Gasteiger partial charge in [-0.25, -0.2) is 4.98 Å². The average Bonchev–Trinajstić information content (AvgIpc) is 3.17. The maximum absolute atomic E-state index is 5.31. The number of fused-ring (bicyclic) bond motifs is 1. The van der Waals surface area contributed by atoms with Crippen LogP contribution in [0.3, 0.4) is 0 Å². The summed E-state index contributed by atoms with van der Waals surface area (Å²) in [5.74, 6) is 2.39. The molecule has 1 fully saturated rings. The van der Waals surface area contributed by atoms with E-state index >= 15 is 0 Å². The van der Waals surface area contributed by atoms with Crippen molar-refractivity contribution in [3.63, 3.8) is 0 Å². The fraction of sp³-hybridized carbons (Fsp3) is 0.250. The van der Waals surface area contributed by atoms with Crippen molar-refractivity contribution in [3.05, 3.63) is 48.4 Å². The minimum absolute atomic E-state index is 0.557. The van der Waals surface area contributed by atoms with E-state index in [1.165, 1.54) is 12.8 Å². The van der Waals surface area contributed by atoms with Crippen LogP contribution in [0, 0.1) is 0 Å². The molecule has 1 aliphatic rings. The zero-order valence-corrected chi connectivity index (χ0v) is 11.5. The zero-order chi connectivity index (χ0) is 14.1. The summed E-state index contributed by atoms with van der Waals surface area (Å²) >= 11 is 0. The molecule has 0 atom stereocenters. The molecule has 0 saturated heterocycles. The van der Waals surface area contributed by atoms with E-state index in [1.54, 1.807) is 6.26 Å². The highest BCUT2D eigenvalue weighted by atomic mass is 16.3. The lowest BCUT2D eigenvalue weighted by atomic mass is 10.2. The fourth-order valence-electron chi connectivity index (χ4n) is 2.27. The summed E-state index contributed by atoms with van der Waals surface area (Å²) in [6.45, 7) is 0.578. The third-order valence-electron chi connectivity index (χ3n) is 3.52. The van der Waals surface area contributed by atoms with Gasteiger partial charge < -0.3 is 15.1 Å². The third kappa shape index (κ3) is 2.67. The second-order valence-electron chi connectivity index (χ2n) is 5.26. The third-order valence-corrected chi connectivity index (χ3v) is 3.52. The monoisotopic (exact) mass is 280 g/mol. The van der Waals surface area contributed by atoms with Crippen LogP contribution in [0.4, 0.5) is 11.8 Å². The van der Waals surface area contributed by atoms with Gasteiger partial charge in [-0.3, -0.25) is 0 Å². The van der Waals surface area contributed by atoms with Crippen LogP contribution >= 0.6 is 0 Å². The minimum atomic E-state index is 0.557. The first kappa shape index (κ1) is 12.2. The summed E-state index contributed by atoms with van der Waals surface area (Å²) in [7, 11) is 0. The number of hydrogen-bond acceptors (Lipinski definition) is 5. The van der Waals surface area contributed by atoms with Gasteiger partial charge in [0.05, 0.1) is 18.3 Å². The molecule has 2 aromatic heterocycles.